The Morgan fingerprint density at radius 2 is 1.51 bits per heavy atom. The number of nitrogens with zero attached hydrogens (tertiary/aromatic N) is 1. The van der Waals surface area contributed by atoms with E-state index in [1.165, 1.54) is 0 Å². The van der Waals surface area contributed by atoms with Gasteiger partial charge in [0.15, 0.2) is 0 Å². The van der Waals surface area contributed by atoms with E-state index in [2.05, 4.69) is 10.6 Å². The van der Waals surface area contributed by atoms with Crippen LogP contribution in [0.15, 0.2) is 78.9 Å². The lowest BCUT2D eigenvalue weighted by atomic mass is 9.98. The number of fused-ring (bicyclic) bond motifs is 3. The van der Waals surface area contributed by atoms with E-state index in [1.807, 2.05) is 78.9 Å². The minimum absolute atomic E-state index is 0.0874. The van der Waals surface area contributed by atoms with Crippen molar-refractivity contribution in [2.45, 2.75) is 31.0 Å². The molecule has 4 N–H and O–H groups in total. The number of amides is 2. The first kappa shape index (κ1) is 27.8. The maximum atomic E-state index is 12.4. The van der Waals surface area contributed by atoms with Crippen molar-refractivity contribution in [2.75, 3.05) is 26.7 Å². The standard InChI is InChI=1S/C30H33N3O6/c1-33(17-20-9-3-2-4-10-20)18-27(29(36)37)32-28(35)15-21(34)16-31-30(38)39-19-26-24-13-7-5-11-22(24)23-12-6-8-14-25(23)26/h2-14,21,26-27,34H,15-19H2,1H3,(H,31,38)(H,32,35)(H,36,37). The number of carbonyl (C=O) groups is 3. The molecule has 204 valence electrons. The first-order valence-electron chi connectivity index (χ1n) is 12.8. The van der Waals surface area contributed by atoms with Crippen LogP contribution in [-0.4, -0.2) is 72.0 Å². The van der Waals surface area contributed by atoms with Gasteiger partial charge in [-0.25, -0.2) is 9.59 Å². The molecular weight excluding hydrogens is 498 g/mol. The van der Waals surface area contributed by atoms with Gasteiger partial charge in [0.05, 0.1) is 12.5 Å². The summed E-state index contributed by atoms with van der Waals surface area (Å²) in [5.41, 5.74) is 5.44. The molecule has 9 heteroatoms. The summed E-state index contributed by atoms with van der Waals surface area (Å²) in [4.78, 5) is 38.2. The Kier molecular flexibility index (Phi) is 9.30. The molecule has 0 spiro atoms. The average molecular weight is 532 g/mol. The Hall–Kier alpha value is -4.21. The number of ether oxygens (including phenoxy) is 1. The lowest BCUT2D eigenvalue weighted by molar-refractivity contribution is -0.142. The number of benzene rings is 3. The zero-order chi connectivity index (χ0) is 27.8. The van der Waals surface area contributed by atoms with E-state index in [0.717, 1.165) is 27.8 Å². The van der Waals surface area contributed by atoms with E-state index in [1.54, 1.807) is 11.9 Å². The lowest BCUT2D eigenvalue weighted by Gasteiger charge is -2.23. The Morgan fingerprint density at radius 1 is 0.923 bits per heavy atom. The Morgan fingerprint density at radius 3 is 2.13 bits per heavy atom. The van der Waals surface area contributed by atoms with Gasteiger partial charge in [0.2, 0.25) is 5.91 Å². The van der Waals surface area contributed by atoms with Crippen LogP contribution in [0.4, 0.5) is 4.79 Å². The van der Waals surface area contributed by atoms with Crippen LogP contribution in [0.2, 0.25) is 0 Å². The highest BCUT2D eigenvalue weighted by atomic mass is 16.5. The number of aliphatic hydroxyl groups excluding tert-OH is 1. The molecule has 3 aromatic rings. The van der Waals surface area contributed by atoms with Crippen molar-refractivity contribution >= 4 is 18.0 Å². The number of alkyl carbamates (subject to hydrolysis) is 1. The van der Waals surface area contributed by atoms with Crippen LogP contribution < -0.4 is 10.6 Å². The van der Waals surface area contributed by atoms with Gasteiger partial charge >= 0.3 is 12.1 Å². The Bertz CT molecular complexity index is 1250. The maximum absolute atomic E-state index is 12.4. The molecule has 0 aliphatic heterocycles. The van der Waals surface area contributed by atoms with Crippen molar-refractivity contribution in [3.63, 3.8) is 0 Å². The van der Waals surface area contributed by atoms with Gasteiger partial charge in [0.25, 0.3) is 0 Å². The van der Waals surface area contributed by atoms with Crippen molar-refractivity contribution < 1.29 is 29.3 Å². The van der Waals surface area contributed by atoms with Gasteiger partial charge in [-0.05, 0) is 34.9 Å². The number of nitrogens with one attached hydrogen (secondary N) is 2. The highest BCUT2D eigenvalue weighted by Crippen LogP contribution is 2.44. The molecule has 0 aromatic heterocycles. The van der Waals surface area contributed by atoms with E-state index in [4.69, 9.17) is 4.74 Å². The van der Waals surface area contributed by atoms with Crippen molar-refractivity contribution in [1.29, 1.82) is 0 Å². The third-order valence-corrected chi connectivity index (χ3v) is 6.67. The molecule has 0 radical (unpaired) electrons. The van der Waals surface area contributed by atoms with Crippen molar-refractivity contribution in [2.24, 2.45) is 0 Å². The maximum Gasteiger partial charge on any atom is 0.407 e. The molecule has 0 heterocycles. The predicted octanol–water partition coefficient (Wildman–Crippen LogP) is 2.98. The molecular formula is C30H33N3O6. The molecule has 0 saturated heterocycles. The van der Waals surface area contributed by atoms with Gasteiger partial charge in [0.1, 0.15) is 12.6 Å². The summed E-state index contributed by atoms with van der Waals surface area (Å²) in [5, 5.41) is 24.7. The molecule has 3 aromatic carbocycles. The molecule has 1 aliphatic carbocycles. The largest absolute Gasteiger partial charge is 0.480 e. The fraction of sp³-hybridized carbons (Fsp3) is 0.300. The number of likely N-dealkylation sites (N-methyl/N-ethyl adjacent to an activating group) is 1. The van der Waals surface area contributed by atoms with Crippen LogP contribution in [0.3, 0.4) is 0 Å². The fourth-order valence-corrected chi connectivity index (χ4v) is 4.85. The fourth-order valence-electron chi connectivity index (χ4n) is 4.85. The van der Waals surface area contributed by atoms with Crippen LogP contribution in [0.1, 0.15) is 29.0 Å². The Balaban J connectivity index is 1.21. The van der Waals surface area contributed by atoms with E-state index < -0.39 is 30.1 Å². The minimum atomic E-state index is -1.21. The number of carboxylic acids is 1. The minimum Gasteiger partial charge on any atom is -0.480 e. The predicted molar refractivity (Wildman–Crippen MR) is 146 cm³/mol. The van der Waals surface area contributed by atoms with E-state index >= 15 is 0 Å². The SMILES string of the molecule is CN(Cc1ccccc1)CC(NC(=O)CC(O)CNC(=O)OCC1c2ccccc2-c2ccccc21)C(=O)O. The smallest absolute Gasteiger partial charge is 0.407 e. The van der Waals surface area contributed by atoms with Crippen LogP contribution in [0.5, 0.6) is 0 Å². The summed E-state index contributed by atoms with van der Waals surface area (Å²) in [5.74, 6) is -1.89. The van der Waals surface area contributed by atoms with Gasteiger partial charge in [0, 0.05) is 25.6 Å². The number of carboxylic acid groups (broad SMARTS) is 1. The lowest BCUT2D eigenvalue weighted by Crippen LogP contribution is -2.48. The van der Waals surface area contributed by atoms with E-state index in [-0.39, 0.29) is 32.0 Å². The van der Waals surface area contributed by atoms with Crippen LogP contribution in [0, 0.1) is 0 Å². The molecule has 4 rings (SSSR count). The van der Waals surface area contributed by atoms with E-state index in [9.17, 15) is 24.6 Å². The van der Waals surface area contributed by atoms with Crippen molar-refractivity contribution in [3.8, 4) is 11.1 Å². The second-order valence-corrected chi connectivity index (χ2v) is 9.71. The summed E-state index contributed by atoms with van der Waals surface area (Å²) >= 11 is 0. The first-order valence-corrected chi connectivity index (χ1v) is 12.8. The number of hydrogen-bond donors (Lipinski definition) is 4. The van der Waals surface area contributed by atoms with Crippen LogP contribution in [-0.2, 0) is 20.9 Å². The highest BCUT2D eigenvalue weighted by molar-refractivity contribution is 5.84. The topological polar surface area (TPSA) is 128 Å². The number of carbonyl (C=O) groups excluding carboxylic acids is 2. The molecule has 1 aliphatic rings. The number of rotatable bonds is 12. The van der Waals surface area contributed by atoms with Gasteiger partial charge in [-0.1, -0.05) is 78.9 Å². The summed E-state index contributed by atoms with van der Waals surface area (Å²) < 4.78 is 5.44. The number of aliphatic carboxylic acids is 1. The first-order chi connectivity index (χ1) is 18.8. The summed E-state index contributed by atoms with van der Waals surface area (Å²) in [6, 6.07) is 24.4. The highest BCUT2D eigenvalue weighted by Gasteiger charge is 2.29. The second-order valence-electron chi connectivity index (χ2n) is 9.71. The van der Waals surface area contributed by atoms with Gasteiger partial charge in [-0.2, -0.15) is 0 Å². The molecule has 0 fully saturated rings. The summed E-state index contributed by atoms with van der Waals surface area (Å²) in [6.45, 7) is 0.528. The zero-order valence-corrected chi connectivity index (χ0v) is 21.7. The van der Waals surface area contributed by atoms with Crippen LogP contribution >= 0.6 is 0 Å². The normalized spacial score (nSPS) is 13.7. The average Bonchev–Trinajstić information content (AvgIpc) is 3.24. The van der Waals surface area contributed by atoms with Crippen molar-refractivity contribution in [1.82, 2.24) is 15.5 Å². The molecule has 2 amide bonds. The van der Waals surface area contributed by atoms with Crippen molar-refractivity contribution in [3.05, 3.63) is 95.6 Å². The molecule has 0 bridgehead atoms. The molecule has 39 heavy (non-hydrogen) atoms. The van der Waals surface area contributed by atoms with E-state index in [0.29, 0.717) is 6.54 Å². The Labute approximate surface area is 227 Å². The molecule has 0 saturated carbocycles. The molecule has 2 unspecified atom stereocenters. The summed E-state index contributed by atoms with van der Waals surface area (Å²) in [6.07, 6.45) is -2.28. The van der Waals surface area contributed by atoms with Gasteiger partial charge in [-0.3, -0.25) is 9.69 Å². The van der Waals surface area contributed by atoms with Gasteiger partial charge in [-0.15, -0.1) is 0 Å². The number of aliphatic hydroxyl groups is 1. The monoisotopic (exact) mass is 531 g/mol. The second kappa shape index (κ2) is 13.0. The quantitative estimate of drug-likeness (QED) is 0.283. The van der Waals surface area contributed by atoms with Crippen LogP contribution in [0.25, 0.3) is 11.1 Å². The van der Waals surface area contributed by atoms with Gasteiger partial charge < -0.3 is 25.6 Å². The molecule has 9 nitrogen and oxygen atoms in total. The third-order valence-electron chi connectivity index (χ3n) is 6.67. The third kappa shape index (κ3) is 7.43. The summed E-state index contributed by atoms with van der Waals surface area (Å²) in [7, 11) is 1.77. The molecule has 2 atom stereocenters. The number of hydrogen-bond acceptors (Lipinski definition) is 6. The zero-order valence-electron chi connectivity index (χ0n) is 21.7.